The molecule has 0 spiro atoms. The number of para-hydroxylation sites is 1. The van der Waals surface area contributed by atoms with Gasteiger partial charge in [-0.25, -0.2) is 4.98 Å². The van der Waals surface area contributed by atoms with Crippen LogP contribution in [0.5, 0.6) is 0 Å². The number of hydrogen-bond donors (Lipinski definition) is 2. The zero-order chi connectivity index (χ0) is 25.1. The summed E-state index contributed by atoms with van der Waals surface area (Å²) in [5.74, 6) is 1.32. The monoisotopic (exact) mass is 521 g/mol. The number of aryl methyl sites for hydroxylation is 2. The first kappa shape index (κ1) is 23.9. The number of hydrogen-bond acceptors (Lipinski definition) is 10. The summed E-state index contributed by atoms with van der Waals surface area (Å²) < 4.78 is 0. The van der Waals surface area contributed by atoms with E-state index in [0.717, 1.165) is 37.4 Å². The third-order valence-corrected chi connectivity index (χ3v) is 6.96. The Kier molecular flexibility index (Phi) is 6.92. The van der Waals surface area contributed by atoms with Gasteiger partial charge in [-0.2, -0.15) is 15.0 Å². The normalized spacial score (nSPS) is 13.5. The SMILES string of the molecule is Cc1nc(Nc2ncc(C(=O)Nc3c(C)cccc3Cl)s2)nc(N2CCN(c3ccncc3)CC2)n1. The maximum atomic E-state index is 12.7. The van der Waals surface area contributed by atoms with Crippen LogP contribution in [0.2, 0.25) is 5.02 Å². The van der Waals surface area contributed by atoms with Crippen LogP contribution in [0.3, 0.4) is 0 Å². The first-order valence-electron chi connectivity index (χ1n) is 11.4. The lowest BCUT2D eigenvalue weighted by molar-refractivity contribution is 0.103. The quantitative estimate of drug-likeness (QED) is 0.383. The molecule has 1 amide bonds. The molecule has 12 heteroatoms. The molecule has 1 saturated heterocycles. The van der Waals surface area contributed by atoms with Crippen LogP contribution in [-0.2, 0) is 0 Å². The number of carbonyl (C=O) groups excluding carboxylic acids is 1. The number of carbonyl (C=O) groups is 1. The minimum atomic E-state index is -0.281. The smallest absolute Gasteiger partial charge is 0.267 e. The van der Waals surface area contributed by atoms with Gasteiger partial charge in [0.1, 0.15) is 10.7 Å². The fraction of sp³-hybridized carbons (Fsp3) is 0.250. The van der Waals surface area contributed by atoms with Crippen molar-refractivity contribution < 1.29 is 4.79 Å². The second kappa shape index (κ2) is 10.4. The minimum Gasteiger partial charge on any atom is -0.368 e. The molecular formula is C24H24ClN9OS. The Balaban J connectivity index is 1.25. The molecular weight excluding hydrogens is 498 g/mol. The molecule has 1 aliphatic heterocycles. The Morgan fingerprint density at radius 1 is 1.00 bits per heavy atom. The molecule has 0 bridgehead atoms. The number of anilines is 5. The summed E-state index contributed by atoms with van der Waals surface area (Å²) in [4.78, 5) is 39.6. The Morgan fingerprint density at radius 2 is 1.75 bits per heavy atom. The summed E-state index contributed by atoms with van der Waals surface area (Å²) in [5.41, 5.74) is 2.63. The fourth-order valence-corrected chi connectivity index (χ4v) is 4.86. The molecule has 4 heterocycles. The molecule has 3 aromatic heterocycles. The molecule has 1 fully saturated rings. The second-order valence-electron chi connectivity index (χ2n) is 8.23. The van der Waals surface area contributed by atoms with Gasteiger partial charge < -0.3 is 15.1 Å². The Bertz CT molecular complexity index is 1350. The van der Waals surface area contributed by atoms with Crippen LogP contribution in [0.1, 0.15) is 21.1 Å². The molecule has 10 nitrogen and oxygen atoms in total. The van der Waals surface area contributed by atoms with Crippen molar-refractivity contribution in [3.8, 4) is 0 Å². The molecule has 0 radical (unpaired) electrons. The predicted octanol–water partition coefficient (Wildman–Crippen LogP) is 4.32. The number of rotatable bonds is 6. The highest BCUT2D eigenvalue weighted by atomic mass is 35.5. The van der Waals surface area contributed by atoms with E-state index < -0.39 is 0 Å². The maximum absolute atomic E-state index is 12.7. The van der Waals surface area contributed by atoms with Crippen LogP contribution >= 0.6 is 22.9 Å². The van der Waals surface area contributed by atoms with E-state index >= 15 is 0 Å². The van der Waals surface area contributed by atoms with Crippen molar-refractivity contribution in [3.05, 3.63) is 70.2 Å². The van der Waals surface area contributed by atoms with E-state index in [9.17, 15) is 4.79 Å². The molecule has 1 aromatic carbocycles. The third kappa shape index (κ3) is 5.37. The Morgan fingerprint density at radius 3 is 2.50 bits per heavy atom. The number of nitrogens with one attached hydrogen (secondary N) is 2. The number of nitrogens with zero attached hydrogens (tertiary/aromatic N) is 7. The molecule has 5 rings (SSSR count). The Hall–Kier alpha value is -3.83. The zero-order valence-corrected chi connectivity index (χ0v) is 21.3. The van der Waals surface area contributed by atoms with E-state index in [1.165, 1.54) is 17.5 Å². The summed E-state index contributed by atoms with van der Waals surface area (Å²) >= 11 is 7.44. The molecule has 0 unspecified atom stereocenters. The van der Waals surface area contributed by atoms with Crippen molar-refractivity contribution in [2.75, 3.05) is 46.6 Å². The molecule has 1 aliphatic rings. The van der Waals surface area contributed by atoms with E-state index in [0.29, 0.717) is 38.4 Å². The van der Waals surface area contributed by atoms with Crippen molar-refractivity contribution >= 4 is 57.2 Å². The van der Waals surface area contributed by atoms with Gasteiger partial charge >= 0.3 is 0 Å². The first-order valence-corrected chi connectivity index (χ1v) is 12.6. The number of pyridine rings is 1. The standard InChI is InChI=1S/C24H24ClN9OS/c1-15-4-3-5-18(25)20(15)30-21(35)19-14-27-24(36-19)32-22-28-16(2)29-23(31-22)34-12-10-33(11-13-34)17-6-8-26-9-7-17/h3-9,14H,10-13H2,1-2H3,(H,30,35)(H,27,28,29,31,32). The lowest BCUT2D eigenvalue weighted by Gasteiger charge is -2.36. The average Bonchev–Trinajstić information content (AvgIpc) is 3.35. The molecule has 36 heavy (non-hydrogen) atoms. The summed E-state index contributed by atoms with van der Waals surface area (Å²) in [6.07, 6.45) is 5.13. The number of piperazine rings is 1. The Labute approximate surface area is 217 Å². The second-order valence-corrected chi connectivity index (χ2v) is 9.66. The fourth-order valence-electron chi connectivity index (χ4n) is 3.88. The number of thiazole rings is 1. The van der Waals surface area contributed by atoms with Crippen LogP contribution < -0.4 is 20.4 Å². The van der Waals surface area contributed by atoms with Gasteiger partial charge in [-0.05, 0) is 37.6 Å². The highest BCUT2D eigenvalue weighted by Gasteiger charge is 2.21. The summed E-state index contributed by atoms with van der Waals surface area (Å²) in [7, 11) is 0. The van der Waals surface area contributed by atoms with E-state index in [4.69, 9.17) is 11.6 Å². The van der Waals surface area contributed by atoms with E-state index in [1.807, 2.05) is 38.1 Å². The molecule has 0 aliphatic carbocycles. The van der Waals surface area contributed by atoms with Crippen LogP contribution in [-0.4, -0.2) is 57.0 Å². The molecule has 0 atom stereocenters. The number of benzene rings is 1. The van der Waals surface area contributed by atoms with Crippen LogP contribution in [0.4, 0.5) is 28.4 Å². The topological polar surface area (TPSA) is 112 Å². The van der Waals surface area contributed by atoms with Gasteiger partial charge in [0.15, 0.2) is 5.13 Å². The number of aromatic nitrogens is 5. The zero-order valence-electron chi connectivity index (χ0n) is 19.8. The van der Waals surface area contributed by atoms with Gasteiger partial charge in [0.25, 0.3) is 5.91 Å². The summed E-state index contributed by atoms with van der Waals surface area (Å²) in [6, 6.07) is 9.50. The van der Waals surface area contributed by atoms with Gasteiger partial charge in [-0.3, -0.25) is 15.1 Å². The third-order valence-electron chi connectivity index (χ3n) is 5.73. The highest BCUT2D eigenvalue weighted by Crippen LogP contribution is 2.28. The van der Waals surface area contributed by atoms with E-state index in [2.05, 4.69) is 45.4 Å². The van der Waals surface area contributed by atoms with Gasteiger partial charge in [-0.1, -0.05) is 35.1 Å². The first-order chi connectivity index (χ1) is 17.5. The number of amides is 1. The highest BCUT2D eigenvalue weighted by molar-refractivity contribution is 7.17. The van der Waals surface area contributed by atoms with Crippen LogP contribution in [0.15, 0.2) is 48.9 Å². The van der Waals surface area contributed by atoms with Crippen molar-refractivity contribution in [3.63, 3.8) is 0 Å². The number of halogens is 1. The summed E-state index contributed by atoms with van der Waals surface area (Å²) in [6.45, 7) is 7.00. The largest absolute Gasteiger partial charge is 0.368 e. The van der Waals surface area contributed by atoms with Gasteiger partial charge in [0.05, 0.1) is 16.9 Å². The van der Waals surface area contributed by atoms with E-state index in [-0.39, 0.29) is 5.91 Å². The predicted molar refractivity (Wildman–Crippen MR) is 143 cm³/mol. The summed E-state index contributed by atoms with van der Waals surface area (Å²) in [5, 5.41) is 6.98. The lowest BCUT2D eigenvalue weighted by atomic mass is 10.2. The molecule has 2 N–H and O–H groups in total. The molecule has 184 valence electrons. The molecule has 0 saturated carbocycles. The van der Waals surface area contributed by atoms with Crippen molar-refractivity contribution in [2.24, 2.45) is 0 Å². The van der Waals surface area contributed by atoms with Gasteiger partial charge in [0, 0.05) is 44.3 Å². The van der Waals surface area contributed by atoms with Crippen molar-refractivity contribution in [1.82, 2.24) is 24.9 Å². The van der Waals surface area contributed by atoms with Crippen LogP contribution in [0, 0.1) is 13.8 Å². The van der Waals surface area contributed by atoms with Gasteiger partial charge in [0.2, 0.25) is 11.9 Å². The van der Waals surface area contributed by atoms with Crippen molar-refractivity contribution in [1.29, 1.82) is 0 Å². The maximum Gasteiger partial charge on any atom is 0.267 e. The lowest BCUT2D eigenvalue weighted by Crippen LogP contribution is -2.47. The average molecular weight is 522 g/mol. The van der Waals surface area contributed by atoms with Crippen molar-refractivity contribution in [2.45, 2.75) is 13.8 Å². The minimum absolute atomic E-state index is 0.281. The molecule has 4 aromatic rings. The van der Waals surface area contributed by atoms with Crippen LogP contribution in [0.25, 0.3) is 0 Å². The van der Waals surface area contributed by atoms with Gasteiger partial charge in [-0.15, -0.1) is 0 Å². The van der Waals surface area contributed by atoms with E-state index in [1.54, 1.807) is 18.5 Å².